The Morgan fingerprint density at radius 2 is 1.33 bits per heavy atom. The van der Waals surface area contributed by atoms with E-state index in [2.05, 4.69) is 24.9 Å². The van der Waals surface area contributed by atoms with Crippen LogP contribution < -0.4 is 5.32 Å². The molecule has 0 aromatic carbocycles. The van der Waals surface area contributed by atoms with Crippen molar-refractivity contribution in [3.8, 4) is 0 Å². The maximum absolute atomic E-state index is 12.8. The van der Waals surface area contributed by atoms with E-state index in [-0.39, 0.29) is 18.7 Å². The van der Waals surface area contributed by atoms with Gasteiger partial charge in [-0.05, 0) is 31.9 Å². The molecule has 10 heteroatoms. The Hall–Kier alpha value is -0.460. The highest BCUT2D eigenvalue weighted by Gasteiger charge is 2.48. The molecule has 1 saturated heterocycles. The van der Waals surface area contributed by atoms with Gasteiger partial charge in [0, 0.05) is 12.8 Å². The molecule has 6 N–H and O–H groups in total. The van der Waals surface area contributed by atoms with Crippen LogP contribution >= 0.6 is 12.6 Å². The lowest BCUT2D eigenvalue weighted by molar-refractivity contribution is -0.361. The van der Waals surface area contributed by atoms with E-state index in [1.54, 1.807) is 6.92 Å². The van der Waals surface area contributed by atoms with Gasteiger partial charge >= 0.3 is 0 Å². The Bertz CT molecular complexity index is 734. The van der Waals surface area contributed by atoms with E-state index in [0.29, 0.717) is 12.8 Å². The van der Waals surface area contributed by atoms with Crippen LogP contribution in [-0.4, -0.2) is 86.3 Å². The summed E-state index contributed by atoms with van der Waals surface area (Å²) in [6.45, 7) is 3.29. The molecule has 7 atom stereocenters. The van der Waals surface area contributed by atoms with Crippen LogP contribution in [0.3, 0.4) is 0 Å². The second kappa shape index (κ2) is 27.4. The van der Waals surface area contributed by atoms with Crippen LogP contribution in [0.25, 0.3) is 0 Å². The smallest absolute Gasteiger partial charge is 0.220 e. The first kappa shape index (κ1) is 43.6. The molecule has 1 amide bonds. The lowest BCUT2D eigenvalue weighted by Gasteiger charge is -2.44. The molecule has 1 heterocycles. The Morgan fingerprint density at radius 3 is 1.83 bits per heavy atom. The number of carbonyl (C=O) groups is 1. The number of hydrogen-bond donors (Lipinski definition) is 7. The fraction of sp³-hybridized carbons (Fsp3) is 0.972. The molecule has 0 aromatic rings. The SMILES string of the molecule is CCCCCCCCCCCCCC[C@@H](O)[C@](O)(O[C@H]1C[C@H](O)[C@@H](O)C(CO)O1)[C@H](C)NC(=O)CCCCCCCCCCCS. The van der Waals surface area contributed by atoms with Crippen LogP contribution in [0.2, 0.25) is 0 Å². The minimum Gasteiger partial charge on any atom is -0.394 e. The Kier molecular flexibility index (Phi) is 25.9. The quantitative estimate of drug-likeness (QED) is 0.0266. The fourth-order valence-corrected chi connectivity index (χ4v) is 6.48. The number of carbonyl (C=O) groups excluding carboxylic acids is 1. The number of aliphatic hydroxyl groups is 5. The second-order valence-electron chi connectivity index (χ2n) is 13.6. The predicted octanol–water partition coefficient (Wildman–Crippen LogP) is 6.31. The molecule has 0 spiro atoms. The summed E-state index contributed by atoms with van der Waals surface area (Å²) >= 11 is 4.25. The molecule has 0 radical (unpaired) electrons. The van der Waals surface area contributed by atoms with Crippen molar-refractivity contribution in [1.29, 1.82) is 0 Å². The first-order valence-corrected chi connectivity index (χ1v) is 19.4. The summed E-state index contributed by atoms with van der Waals surface area (Å²) in [6.07, 6.45) is 18.5. The van der Waals surface area contributed by atoms with E-state index in [1.807, 2.05) is 0 Å². The number of unbranched alkanes of at least 4 members (excludes halogenated alkanes) is 19. The lowest BCUT2D eigenvalue weighted by Crippen LogP contribution is -2.62. The average molecular weight is 678 g/mol. The third-order valence-electron chi connectivity index (χ3n) is 9.40. The number of rotatable bonds is 30. The molecule has 0 bridgehead atoms. The predicted molar refractivity (Wildman–Crippen MR) is 188 cm³/mol. The normalized spacial score (nSPS) is 22.8. The van der Waals surface area contributed by atoms with Crippen LogP contribution in [0.15, 0.2) is 0 Å². The summed E-state index contributed by atoms with van der Waals surface area (Å²) in [7, 11) is 0. The van der Waals surface area contributed by atoms with Gasteiger partial charge in [-0.25, -0.2) is 0 Å². The number of hydrogen-bond acceptors (Lipinski definition) is 9. The number of aliphatic hydroxyl groups excluding tert-OH is 4. The summed E-state index contributed by atoms with van der Waals surface area (Å²) in [5.74, 6) is -1.46. The van der Waals surface area contributed by atoms with Crippen LogP contribution in [-0.2, 0) is 14.3 Å². The summed E-state index contributed by atoms with van der Waals surface area (Å²) in [5, 5.41) is 55.7. The van der Waals surface area contributed by atoms with Gasteiger partial charge in [0.05, 0.1) is 18.8 Å². The lowest BCUT2D eigenvalue weighted by atomic mass is 9.95. The molecular formula is C36H71NO8S. The van der Waals surface area contributed by atoms with Crippen molar-refractivity contribution in [2.24, 2.45) is 0 Å². The van der Waals surface area contributed by atoms with E-state index in [0.717, 1.165) is 50.7 Å². The number of amides is 1. The van der Waals surface area contributed by atoms with Crippen molar-refractivity contribution in [3.05, 3.63) is 0 Å². The monoisotopic (exact) mass is 677 g/mol. The van der Waals surface area contributed by atoms with Gasteiger partial charge in [-0.15, -0.1) is 0 Å². The van der Waals surface area contributed by atoms with E-state index < -0.39 is 49.1 Å². The van der Waals surface area contributed by atoms with Gasteiger partial charge in [0.15, 0.2) is 6.29 Å². The molecule has 274 valence electrons. The van der Waals surface area contributed by atoms with Crippen molar-refractivity contribution in [1.82, 2.24) is 5.32 Å². The van der Waals surface area contributed by atoms with Crippen LogP contribution in [0.4, 0.5) is 0 Å². The van der Waals surface area contributed by atoms with Crippen molar-refractivity contribution < 1.29 is 39.8 Å². The molecule has 0 aromatic heterocycles. The van der Waals surface area contributed by atoms with Crippen molar-refractivity contribution in [2.75, 3.05) is 12.4 Å². The zero-order chi connectivity index (χ0) is 34.0. The second-order valence-corrected chi connectivity index (χ2v) is 14.0. The molecule has 1 aliphatic rings. The van der Waals surface area contributed by atoms with Crippen LogP contribution in [0.5, 0.6) is 0 Å². The molecule has 1 fully saturated rings. The topological polar surface area (TPSA) is 149 Å². The van der Waals surface area contributed by atoms with Gasteiger partial charge in [-0.3, -0.25) is 4.79 Å². The minimum absolute atomic E-state index is 0.152. The van der Waals surface area contributed by atoms with Gasteiger partial charge in [0.2, 0.25) is 11.7 Å². The Labute approximate surface area is 286 Å². The minimum atomic E-state index is -2.19. The molecule has 1 aliphatic heterocycles. The third kappa shape index (κ3) is 18.9. The number of nitrogens with one attached hydrogen (secondary N) is 1. The molecule has 1 rings (SSSR count). The van der Waals surface area contributed by atoms with Gasteiger partial charge in [0.1, 0.15) is 18.3 Å². The number of ether oxygens (including phenoxy) is 2. The summed E-state index contributed by atoms with van der Waals surface area (Å²) in [6, 6.07) is -0.968. The molecule has 9 nitrogen and oxygen atoms in total. The van der Waals surface area contributed by atoms with Crippen molar-refractivity contribution >= 4 is 18.5 Å². The Morgan fingerprint density at radius 1 is 0.848 bits per heavy atom. The standard InChI is InChI=1S/C36H71NO8S/c1-3-4-5-6-7-8-9-10-12-15-18-21-24-32(40)36(43,45-34-27-30(39)35(42)31(28-38)44-34)29(2)37-33(41)25-22-19-16-13-11-14-17-20-23-26-46/h29-32,34-35,38-40,42-43,46H,3-28H2,1-2H3,(H,37,41)/t29-,30-,31?,32+,34-,35+,36+/m0/s1. The van der Waals surface area contributed by atoms with Crippen molar-refractivity contribution in [3.63, 3.8) is 0 Å². The van der Waals surface area contributed by atoms with Crippen LogP contribution in [0, 0.1) is 0 Å². The zero-order valence-electron chi connectivity index (χ0n) is 29.3. The average Bonchev–Trinajstić information content (AvgIpc) is 3.03. The van der Waals surface area contributed by atoms with E-state index in [1.165, 1.54) is 83.5 Å². The number of thiol groups is 1. The highest BCUT2D eigenvalue weighted by Crippen LogP contribution is 2.30. The van der Waals surface area contributed by atoms with Gasteiger partial charge in [-0.2, -0.15) is 12.6 Å². The maximum atomic E-state index is 12.8. The third-order valence-corrected chi connectivity index (χ3v) is 9.72. The summed E-state index contributed by atoms with van der Waals surface area (Å²) in [5.41, 5.74) is 0. The van der Waals surface area contributed by atoms with E-state index in [4.69, 9.17) is 9.47 Å². The van der Waals surface area contributed by atoms with Gasteiger partial charge in [0.25, 0.3) is 0 Å². The molecule has 0 aliphatic carbocycles. The van der Waals surface area contributed by atoms with Crippen molar-refractivity contribution in [2.45, 2.75) is 210 Å². The first-order valence-electron chi connectivity index (χ1n) is 18.8. The molecular weight excluding hydrogens is 606 g/mol. The largest absolute Gasteiger partial charge is 0.394 e. The Balaban J connectivity index is 2.55. The van der Waals surface area contributed by atoms with E-state index in [9.17, 15) is 30.3 Å². The highest BCUT2D eigenvalue weighted by molar-refractivity contribution is 7.80. The van der Waals surface area contributed by atoms with E-state index >= 15 is 0 Å². The van der Waals surface area contributed by atoms with Gasteiger partial charge < -0.3 is 40.3 Å². The maximum Gasteiger partial charge on any atom is 0.220 e. The molecule has 46 heavy (non-hydrogen) atoms. The first-order chi connectivity index (χ1) is 22.2. The fourth-order valence-electron chi connectivity index (χ4n) is 6.26. The van der Waals surface area contributed by atoms with Crippen LogP contribution in [0.1, 0.15) is 168 Å². The summed E-state index contributed by atoms with van der Waals surface area (Å²) in [4.78, 5) is 12.8. The zero-order valence-corrected chi connectivity index (χ0v) is 30.2. The van der Waals surface area contributed by atoms with Gasteiger partial charge in [-0.1, -0.05) is 129 Å². The summed E-state index contributed by atoms with van der Waals surface area (Å²) < 4.78 is 11.5. The molecule has 0 saturated carbocycles. The molecule has 1 unspecified atom stereocenters. The highest BCUT2D eigenvalue weighted by atomic mass is 32.1.